The molecule has 2 aromatic rings. The fourth-order valence-electron chi connectivity index (χ4n) is 2.75. The molecule has 172 valence electrons. The second kappa shape index (κ2) is 10.0. The first-order chi connectivity index (χ1) is 15.7. The van der Waals surface area contributed by atoms with E-state index in [2.05, 4.69) is 21.5 Å². The molecule has 3 rings (SSSR count). The Labute approximate surface area is 195 Å². The van der Waals surface area contributed by atoms with Gasteiger partial charge >= 0.3 is 11.9 Å². The highest BCUT2D eigenvalue weighted by Crippen LogP contribution is 2.23. The number of carbonyl (C=O) groups excluding carboxylic acids is 3. The summed E-state index contributed by atoms with van der Waals surface area (Å²) in [7, 11) is 1.57. The van der Waals surface area contributed by atoms with Crippen molar-refractivity contribution >= 4 is 46.6 Å². The monoisotopic (exact) mass is 470 g/mol. The molecule has 0 bridgehead atoms. The molecule has 33 heavy (non-hydrogen) atoms. The van der Waals surface area contributed by atoms with Crippen LogP contribution in [-0.4, -0.2) is 35.9 Å². The molecule has 1 aliphatic rings. The Hall–Kier alpha value is -4.12. The van der Waals surface area contributed by atoms with E-state index in [-0.39, 0.29) is 16.2 Å². The molecule has 1 heterocycles. The van der Waals surface area contributed by atoms with Gasteiger partial charge in [0.15, 0.2) is 10.7 Å². The zero-order valence-corrected chi connectivity index (χ0v) is 18.9. The number of ether oxygens (including phenoxy) is 3. The number of anilines is 2. The van der Waals surface area contributed by atoms with Crippen LogP contribution in [0.3, 0.4) is 0 Å². The van der Waals surface area contributed by atoms with Crippen molar-refractivity contribution in [2.75, 3.05) is 17.7 Å². The quantitative estimate of drug-likeness (QED) is 0.170. The van der Waals surface area contributed by atoms with E-state index in [1.165, 1.54) is 13.8 Å². The summed E-state index contributed by atoms with van der Waals surface area (Å²) in [6, 6.07) is 13.6. The van der Waals surface area contributed by atoms with Gasteiger partial charge in [-0.25, -0.2) is 9.59 Å². The lowest BCUT2D eigenvalue weighted by Crippen LogP contribution is -2.44. The third-order valence-electron chi connectivity index (χ3n) is 4.30. The van der Waals surface area contributed by atoms with Gasteiger partial charge in [-0.1, -0.05) is 12.1 Å². The van der Waals surface area contributed by atoms with Crippen LogP contribution in [0.1, 0.15) is 24.2 Å². The van der Waals surface area contributed by atoms with Gasteiger partial charge in [-0.2, -0.15) is 0 Å². The summed E-state index contributed by atoms with van der Waals surface area (Å²) in [5, 5.41) is 5.86. The van der Waals surface area contributed by atoms with Crippen LogP contribution < -0.4 is 26.2 Å². The Morgan fingerprint density at radius 2 is 1.64 bits per heavy atom. The molecule has 0 spiro atoms. The molecular formula is C22H22N4O6S. The fourth-order valence-corrected chi connectivity index (χ4v) is 2.92. The second-order valence-corrected chi connectivity index (χ2v) is 7.60. The van der Waals surface area contributed by atoms with Crippen LogP contribution in [0, 0.1) is 0 Å². The molecule has 0 radical (unpaired) electrons. The molecular weight excluding hydrogens is 448 g/mol. The highest BCUT2D eigenvalue weighted by molar-refractivity contribution is 7.80. The van der Waals surface area contributed by atoms with Gasteiger partial charge in [0, 0.05) is 25.7 Å². The Morgan fingerprint density at radius 3 is 2.27 bits per heavy atom. The second-order valence-electron chi connectivity index (χ2n) is 7.19. The number of esters is 2. The topological polar surface area (TPSA) is 127 Å². The number of nitrogens with one attached hydrogen (secondary N) is 4. The maximum absolute atomic E-state index is 12.6. The van der Waals surface area contributed by atoms with Gasteiger partial charge in [-0.3, -0.25) is 15.6 Å². The van der Waals surface area contributed by atoms with Gasteiger partial charge < -0.3 is 24.8 Å². The van der Waals surface area contributed by atoms with Gasteiger partial charge in [0.1, 0.15) is 5.75 Å². The summed E-state index contributed by atoms with van der Waals surface area (Å²) in [5.41, 5.74) is 6.04. The first kappa shape index (κ1) is 23.5. The molecule has 2 aromatic carbocycles. The third kappa shape index (κ3) is 6.20. The van der Waals surface area contributed by atoms with Gasteiger partial charge in [0.05, 0.1) is 18.4 Å². The van der Waals surface area contributed by atoms with Crippen LogP contribution in [0.25, 0.3) is 0 Å². The number of hydrazine groups is 1. The fraction of sp³-hybridized carbons (Fsp3) is 0.182. The zero-order chi connectivity index (χ0) is 24.0. The lowest BCUT2D eigenvalue weighted by atomic mass is 10.1. The summed E-state index contributed by atoms with van der Waals surface area (Å²) >= 11 is 5.18. The Balaban J connectivity index is 1.62. The number of carbonyl (C=O) groups is 3. The van der Waals surface area contributed by atoms with E-state index in [0.717, 1.165) is 6.20 Å². The van der Waals surface area contributed by atoms with E-state index in [1.807, 2.05) is 0 Å². The lowest BCUT2D eigenvalue weighted by Gasteiger charge is -2.29. The van der Waals surface area contributed by atoms with Crippen LogP contribution in [0.15, 0.2) is 60.3 Å². The van der Waals surface area contributed by atoms with Crippen molar-refractivity contribution in [1.82, 2.24) is 10.9 Å². The van der Waals surface area contributed by atoms with E-state index in [9.17, 15) is 14.4 Å². The maximum Gasteiger partial charge on any atom is 0.350 e. The van der Waals surface area contributed by atoms with Crippen molar-refractivity contribution in [2.24, 2.45) is 0 Å². The molecule has 10 nitrogen and oxygen atoms in total. The number of para-hydroxylation sites is 1. The van der Waals surface area contributed by atoms with Crippen LogP contribution in [0.5, 0.6) is 5.75 Å². The number of methoxy groups -OCH3 is 1. The number of hydrogen-bond acceptors (Lipinski definition) is 8. The van der Waals surface area contributed by atoms with Crippen molar-refractivity contribution in [2.45, 2.75) is 19.6 Å². The highest BCUT2D eigenvalue weighted by atomic mass is 32.1. The molecule has 0 unspecified atom stereocenters. The Bertz CT molecular complexity index is 1090. The first-order valence-electron chi connectivity index (χ1n) is 9.72. The van der Waals surface area contributed by atoms with E-state index >= 15 is 0 Å². The van der Waals surface area contributed by atoms with E-state index < -0.39 is 23.6 Å². The summed E-state index contributed by atoms with van der Waals surface area (Å²) in [5.74, 6) is -2.81. The van der Waals surface area contributed by atoms with E-state index in [4.69, 9.17) is 26.4 Å². The van der Waals surface area contributed by atoms with Crippen LogP contribution in [-0.2, 0) is 19.1 Å². The minimum atomic E-state index is -1.34. The van der Waals surface area contributed by atoms with Crippen molar-refractivity contribution < 1.29 is 28.6 Å². The standard InChI is InChI=1S/C22H22N4O6S/c1-22(2)31-19(28)16(20(29)32-22)12-23-17-7-5-4-6-15(17)18(27)25-26-21(33)24-13-8-10-14(30-3)11-9-13/h4-12,23H,1-3H3,(H,25,27)(H2,24,26,33). The lowest BCUT2D eigenvalue weighted by molar-refractivity contribution is -0.222. The number of amides is 1. The molecule has 0 aliphatic carbocycles. The van der Waals surface area contributed by atoms with Gasteiger partial charge in [-0.05, 0) is 48.6 Å². The largest absolute Gasteiger partial charge is 0.497 e. The molecule has 0 saturated carbocycles. The molecule has 1 aliphatic heterocycles. The number of hydrogen-bond donors (Lipinski definition) is 4. The molecule has 1 saturated heterocycles. The maximum atomic E-state index is 12.6. The molecule has 4 N–H and O–H groups in total. The van der Waals surface area contributed by atoms with Crippen molar-refractivity contribution in [1.29, 1.82) is 0 Å². The number of rotatable bonds is 5. The summed E-state index contributed by atoms with van der Waals surface area (Å²) in [4.78, 5) is 36.8. The van der Waals surface area contributed by atoms with Gasteiger partial charge in [-0.15, -0.1) is 0 Å². The summed E-state index contributed by atoms with van der Waals surface area (Å²) in [6.07, 6.45) is 1.13. The molecule has 0 aromatic heterocycles. The summed E-state index contributed by atoms with van der Waals surface area (Å²) < 4.78 is 15.2. The smallest absolute Gasteiger partial charge is 0.350 e. The molecule has 1 amide bonds. The van der Waals surface area contributed by atoms with Crippen molar-refractivity contribution in [3.8, 4) is 5.75 Å². The average molecular weight is 471 g/mol. The molecule has 0 atom stereocenters. The number of benzene rings is 2. The Morgan fingerprint density at radius 1 is 1.00 bits per heavy atom. The Kier molecular flexibility index (Phi) is 7.13. The minimum absolute atomic E-state index is 0.163. The third-order valence-corrected chi connectivity index (χ3v) is 4.50. The highest BCUT2D eigenvalue weighted by Gasteiger charge is 2.39. The van der Waals surface area contributed by atoms with Crippen molar-refractivity contribution in [3.63, 3.8) is 0 Å². The predicted molar refractivity (Wildman–Crippen MR) is 124 cm³/mol. The predicted octanol–water partition coefficient (Wildman–Crippen LogP) is 2.46. The SMILES string of the molecule is COc1ccc(NC(=S)NNC(=O)c2ccccc2NC=C2C(=O)OC(C)(C)OC2=O)cc1. The van der Waals surface area contributed by atoms with Crippen LogP contribution in [0.2, 0.25) is 0 Å². The van der Waals surface area contributed by atoms with E-state index in [1.54, 1.807) is 55.6 Å². The van der Waals surface area contributed by atoms with E-state index in [0.29, 0.717) is 17.1 Å². The summed E-state index contributed by atoms with van der Waals surface area (Å²) in [6.45, 7) is 2.90. The minimum Gasteiger partial charge on any atom is -0.497 e. The number of thiocarbonyl (C=S) groups is 1. The molecule has 11 heteroatoms. The average Bonchev–Trinajstić information content (AvgIpc) is 2.77. The normalized spacial score (nSPS) is 14.3. The van der Waals surface area contributed by atoms with Crippen molar-refractivity contribution in [3.05, 3.63) is 65.9 Å². The first-order valence-corrected chi connectivity index (χ1v) is 10.1. The van der Waals surface area contributed by atoms with Crippen LogP contribution >= 0.6 is 12.2 Å². The van der Waals surface area contributed by atoms with Crippen LogP contribution in [0.4, 0.5) is 11.4 Å². The van der Waals surface area contributed by atoms with Gasteiger partial charge in [0.25, 0.3) is 11.7 Å². The molecule has 1 fully saturated rings. The number of cyclic esters (lactones) is 2. The van der Waals surface area contributed by atoms with Gasteiger partial charge in [0.2, 0.25) is 0 Å². The zero-order valence-electron chi connectivity index (χ0n) is 18.1.